The Kier molecular flexibility index (Phi) is 7.40. The second-order valence-electron chi connectivity index (χ2n) is 4.50. The van der Waals surface area contributed by atoms with Crippen LogP contribution in [0.5, 0.6) is 5.75 Å². The van der Waals surface area contributed by atoms with E-state index in [0.29, 0.717) is 13.0 Å². The highest BCUT2D eigenvalue weighted by Crippen LogP contribution is 2.24. The van der Waals surface area contributed by atoms with E-state index in [2.05, 4.69) is 26.6 Å². The number of urea groups is 1. The summed E-state index contributed by atoms with van der Waals surface area (Å²) < 4.78 is 6.59. The molecular weight excluding hydrogens is 324 g/mol. The number of ether oxygens (including phenoxy) is 1. The van der Waals surface area contributed by atoms with Gasteiger partial charge < -0.3 is 20.5 Å². The number of nitrogens with one attached hydrogen (secondary N) is 2. The maximum atomic E-state index is 11.6. The van der Waals surface area contributed by atoms with E-state index in [4.69, 9.17) is 9.84 Å². The number of aliphatic hydroxyl groups excluding tert-OH is 1. The van der Waals surface area contributed by atoms with E-state index in [-0.39, 0.29) is 24.8 Å². The summed E-state index contributed by atoms with van der Waals surface area (Å²) in [5.74, 6) is 0.740. The monoisotopic (exact) mass is 344 g/mol. The van der Waals surface area contributed by atoms with Gasteiger partial charge in [0, 0.05) is 0 Å². The summed E-state index contributed by atoms with van der Waals surface area (Å²) in [4.78, 5) is 11.6. The molecule has 0 radical (unpaired) electrons. The van der Waals surface area contributed by atoms with Gasteiger partial charge in [-0.3, -0.25) is 0 Å². The summed E-state index contributed by atoms with van der Waals surface area (Å²) >= 11 is 3.40. The summed E-state index contributed by atoms with van der Waals surface area (Å²) in [6.07, 6.45) is 0.529. The fraction of sp³-hybridized carbons (Fsp3) is 0.500. The Labute approximate surface area is 127 Å². The molecule has 2 atom stereocenters. The van der Waals surface area contributed by atoms with Crippen LogP contribution in [0.1, 0.15) is 20.3 Å². The zero-order valence-electron chi connectivity index (χ0n) is 11.7. The van der Waals surface area contributed by atoms with Crippen molar-refractivity contribution in [3.63, 3.8) is 0 Å². The molecule has 2 amide bonds. The zero-order chi connectivity index (χ0) is 15.0. The van der Waals surface area contributed by atoms with E-state index < -0.39 is 0 Å². The van der Waals surface area contributed by atoms with Crippen molar-refractivity contribution in [2.24, 2.45) is 0 Å². The van der Waals surface area contributed by atoms with Gasteiger partial charge in [-0.25, -0.2) is 4.79 Å². The lowest BCUT2D eigenvalue weighted by Gasteiger charge is -2.18. The minimum Gasteiger partial charge on any atom is -0.488 e. The predicted molar refractivity (Wildman–Crippen MR) is 81.9 cm³/mol. The number of rotatable bonds is 7. The summed E-state index contributed by atoms with van der Waals surface area (Å²) in [6, 6.07) is 7.05. The molecule has 5 nitrogen and oxygen atoms in total. The number of carbonyl (C=O) groups excluding carboxylic acids is 1. The van der Waals surface area contributed by atoms with Crippen LogP contribution in [0.3, 0.4) is 0 Å². The molecule has 0 spiro atoms. The van der Waals surface area contributed by atoms with Crippen molar-refractivity contribution in [3.05, 3.63) is 28.7 Å². The Morgan fingerprint density at radius 2 is 2.15 bits per heavy atom. The third-order valence-corrected chi connectivity index (χ3v) is 3.42. The quantitative estimate of drug-likeness (QED) is 0.710. The molecule has 0 aliphatic carbocycles. The second-order valence-corrected chi connectivity index (χ2v) is 5.36. The molecule has 1 aromatic carbocycles. The third-order valence-electron chi connectivity index (χ3n) is 2.76. The van der Waals surface area contributed by atoms with Crippen molar-refractivity contribution in [2.75, 3.05) is 13.2 Å². The Hall–Kier alpha value is -1.27. The predicted octanol–water partition coefficient (Wildman–Crippen LogP) is 2.29. The number of hydrogen-bond acceptors (Lipinski definition) is 3. The average molecular weight is 345 g/mol. The van der Waals surface area contributed by atoms with Crippen molar-refractivity contribution >= 4 is 22.0 Å². The number of amides is 2. The van der Waals surface area contributed by atoms with Crippen LogP contribution in [0, 0.1) is 0 Å². The molecule has 1 aromatic rings. The molecule has 0 fully saturated rings. The molecule has 1 rings (SSSR count). The smallest absolute Gasteiger partial charge is 0.315 e. The molecule has 0 aliphatic heterocycles. The van der Waals surface area contributed by atoms with E-state index in [1.807, 2.05) is 38.1 Å². The van der Waals surface area contributed by atoms with Crippen LogP contribution in [0.25, 0.3) is 0 Å². The highest BCUT2D eigenvalue weighted by Gasteiger charge is 2.11. The molecule has 0 saturated carbocycles. The van der Waals surface area contributed by atoms with Gasteiger partial charge in [-0.1, -0.05) is 19.1 Å². The molecule has 0 aliphatic rings. The van der Waals surface area contributed by atoms with Crippen LogP contribution < -0.4 is 15.4 Å². The molecule has 0 bridgehead atoms. The van der Waals surface area contributed by atoms with Gasteiger partial charge in [-0.2, -0.15) is 0 Å². The van der Waals surface area contributed by atoms with Gasteiger partial charge in [0.05, 0.1) is 23.7 Å². The van der Waals surface area contributed by atoms with Crippen molar-refractivity contribution < 1.29 is 14.6 Å². The van der Waals surface area contributed by atoms with Crippen LogP contribution in [-0.4, -0.2) is 36.4 Å². The molecule has 20 heavy (non-hydrogen) atoms. The summed E-state index contributed by atoms with van der Waals surface area (Å²) in [6.45, 7) is 4.10. The summed E-state index contributed by atoms with van der Waals surface area (Å²) in [5.41, 5.74) is 0. The fourth-order valence-corrected chi connectivity index (χ4v) is 1.93. The number of para-hydroxylation sites is 1. The van der Waals surface area contributed by atoms with Gasteiger partial charge in [0.15, 0.2) is 0 Å². The Morgan fingerprint density at radius 3 is 2.75 bits per heavy atom. The first kappa shape index (κ1) is 16.8. The minimum atomic E-state index is -0.298. The van der Waals surface area contributed by atoms with Gasteiger partial charge >= 0.3 is 6.03 Å². The second kappa shape index (κ2) is 8.81. The largest absolute Gasteiger partial charge is 0.488 e. The molecule has 0 heterocycles. The van der Waals surface area contributed by atoms with E-state index >= 15 is 0 Å². The normalized spacial score (nSPS) is 13.4. The maximum absolute atomic E-state index is 11.6. The average Bonchev–Trinajstić information content (AvgIpc) is 2.45. The Bertz CT molecular complexity index is 425. The van der Waals surface area contributed by atoms with E-state index in [9.17, 15) is 4.79 Å². The first-order chi connectivity index (χ1) is 9.56. The first-order valence-electron chi connectivity index (χ1n) is 6.63. The van der Waals surface area contributed by atoms with Gasteiger partial charge in [0.1, 0.15) is 11.9 Å². The lowest BCUT2D eigenvalue weighted by Crippen LogP contribution is -2.46. The standard InChI is InChI=1S/C14H21BrN2O3/c1-3-11(9-18)17-14(19)16-8-10(2)20-13-7-5-4-6-12(13)15/h4-7,10-11,18H,3,8-9H2,1-2H3,(H2,16,17,19). The topological polar surface area (TPSA) is 70.6 Å². The highest BCUT2D eigenvalue weighted by molar-refractivity contribution is 9.10. The lowest BCUT2D eigenvalue weighted by molar-refractivity contribution is 0.197. The maximum Gasteiger partial charge on any atom is 0.315 e. The Morgan fingerprint density at radius 1 is 1.45 bits per heavy atom. The van der Waals surface area contributed by atoms with Crippen molar-refractivity contribution in [3.8, 4) is 5.75 Å². The molecule has 6 heteroatoms. The van der Waals surface area contributed by atoms with E-state index in [0.717, 1.165) is 10.2 Å². The van der Waals surface area contributed by atoms with Gasteiger partial charge in [0.25, 0.3) is 0 Å². The van der Waals surface area contributed by atoms with Gasteiger partial charge in [-0.15, -0.1) is 0 Å². The van der Waals surface area contributed by atoms with Crippen molar-refractivity contribution in [2.45, 2.75) is 32.4 Å². The summed E-state index contributed by atoms with van der Waals surface area (Å²) in [7, 11) is 0. The molecule has 3 N–H and O–H groups in total. The number of hydrogen-bond donors (Lipinski definition) is 3. The van der Waals surface area contributed by atoms with Crippen LogP contribution in [0.15, 0.2) is 28.7 Å². The van der Waals surface area contributed by atoms with Crippen LogP contribution >= 0.6 is 15.9 Å². The molecule has 112 valence electrons. The van der Waals surface area contributed by atoms with E-state index in [1.165, 1.54) is 0 Å². The number of carbonyl (C=O) groups is 1. The lowest BCUT2D eigenvalue weighted by atomic mass is 10.2. The number of aliphatic hydroxyl groups is 1. The van der Waals surface area contributed by atoms with E-state index in [1.54, 1.807) is 0 Å². The molecule has 0 aromatic heterocycles. The zero-order valence-corrected chi connectivity index (χ0v) is 13.3. The van der Waals surface area contributed by atoms with Crippen LogP contribution in [-0.2, 0) is 0 Å². The summed E-state index contributed by atoms with van der Waals surface area (Å²) in [5, 5.41) is 14.4. The molecular formula is C14H21BrN2O3. The number of halogens is 1. The van der Waals surface area contributed by atoms with Crippen LogP contribution in [0.4, 0.5) is 4.79 Å². The van der Waals surface area contributed by atoms with Crippen LogP contribution in [0.2, 0.25) is 0 Å². The third kappa shape index (κ3) is 5.79. The van der Waals surface area contributed by atoms with Gasteiger partial charge in [0.2, 0.25) is 0 Å². The molecule has 2 unspecified atom stereocenters. The Balaban J connectivity index is 2.34. The fourth-order valence-electron chi connectivity index (χ4n) is 1.55. The van der Waals surface area contributed by atoms with Gasteiger partial charge in [-0.05, 0) is 41.4 Å². The number of benzene rings is 1. The molecule has 0 saturated heterocycles. The SMILES string of the molecule is CCC(CO)NC(=O)NCC(C)Oc1ccccc1Br. The first-order valence-corrected chi connectivity index (χ1v) is 7.42. The van der Waals surface area contributed by atoms with Crippen molar-refractivity contribution in [1.82, 2.24) is 10.6 Å². The van der Waals surface area contributed by atoms with Crippen molar-refractivity contribution in [1.29, 1.82) is 0 Å². The minimum absolute atomic E-state index is 0.0626. The highest BCUT2D eigenvalue weighted by atomic mass is 79.9.